The van der Waals surface area contributed by atoms with Crippen molar-refractivity contribution in [2.24, 2.45) is 0 Å². The number of hydrogen-bond acceptors (Lipinski definition) is 2. The van der Waals surface area contributed by atoms with Gasteiger partial charge in [-0.1, -0.05) is 6.07 Å². The van der Waals surface area contributed by atoms with Gasteiger partial charge in [0.05, 0.1) is 18.2 Å². The fourth-order valence-corrected chi connectivity index (χ4v) is 1.63. The van der Waals surface area contributed by atoms with Crippen LogP contribution in [0.1, 0.15) is 13.0 Å². The van der Waals surface area contributed by atoms with Crippen LogP contribution >= 0.6 is 0 Å². The summed E-state index contributed by atoms with van der Waals surface area (Å²) in [6.07, 6.45) is 0. The molecule has 0 amide bonds. The number of nitrogens with one attached hydrogen (secondary N) is 1. The Hall–Kier alpha value is -1.62. The van der Waals surface area contributed by atoms with E-state index < -0.39 is 11.5 Å². The van der Waals surface area contributed by atoms with Crippen LogP contribution in [0.15, 0.2) is 23.0 Å². The Morgan fingerprint density at radius 1 is 1.60 bits per heavy atom. The molecule has 0 fully saturated rings. The molecule has 2 N–H and O–H groups in total. The van der Waals surface area contributed by atoms with Crippen molar-refractivity contribution in [2.75, 3.05) is 6.61 Å². The number of aromatic nitrogens is 2. The molecule has 1 unspecified atom stereocenters. The van der Waals surface area contributed by atoms with Gasteiger partial charge >= 0.3 is 5.69 Å². The summed E-state index contributed by atoms with van der Waals surface area (Å²) < 4.78 is 14.6. The van der Waals surface area contributed by atoms with E-state index in [2.05, 4.69) is 4.98 Å². The highest BCUT2D eigenvalue weighted by molar-refractivity contribution is 5.75. The van der Waals surface area contributed by atoms with Crippen LogP contribution < -0.4 is 5.69 Å². The molecule has 1 atom stereocenters. The average Bonchev–Trinajstić information content (AvgIpc) is 2.55. The number of aliphatic hydroxyl groups is 1. The van der Waals surface area contributed by atoms with E-state index in [9.17, 15) is 9.18 Å². The molecule has 5 heteroatoms. The first-order valence-corrected chi connectivity index (χ1v) is 4.64. The lowest BCUT2D eigenvalue weighted by Gasteiger charge is -2.09. The second-order valence-electron chi connectivity index (χ2n) is 3.47. The standard InChI is InChI=1S/C10H11FN2O2/c1-6(5-14)13-8-4-2-3-7(11)9(8)12-10(13)15/h2-4,6,14H,5H2,1H3,(H,12,15). The van der Waals surface area contributed by atoms with Gasteiger partial charge in [-0.05, 0) is 19.1 Å². The van der Waals surface area contributed by atoms with Gasteiger partial charge in [0, 0.05) is 0 Å². The maximum atomic E-state index is 13.3. The SMILES string of the molecule is CC(CO)n1c(=O)[nH]c2c(F)cccc21. The van der Waals surface area contributed by atoms with Gasteiger partial charge < -0.3 is 10.1 Å². The molecule has 2 rings (SSSR count). The average molecular weight is 210 g/mol. The molecule has 0 bridgehead atoms. The van der Waals surface area contributed by atoms with Crippen LogP contribution in [-0.4, -0.2) is 21.3 Å². The van der Waals surface area contributed by atoms with Crippen molar-refractivity contribution in [1.82, 2.24) is 9.55 Å². The van der Waals surface area contributed by atoms with Crippen molar-refractivity contribution in [3.63, 3.8) is 0 Å². The fraction of sp³-hybridized carbons (Fsp3) is 0.300. The minimum absolute atomic E-state index is 0.163. The van der Waals surface area contributed by atoms with Crippen LogP contribution in [0.2, 0.25) is 0 Å². The Morgan fingerprint density at radius 3 is 3.00 bits per heavy atom. The van der Waals surface area contributed by atoms with E-state index in [-0.39, 0.29) is 18.2 Å². The number of benzene rings is 1. The summed E-state index contributed by atoms with van der Waals surface area (Å²) in [4.78, 5) is 14.0. The van der Waals surface area contributed by atoms with Crippen LogP contribution in [0.3, 0.4) is 0 Å². The van der Waals surface area contributed by atoms with E-state index in [0.29, 0.717) is 5.52 Å². The summed E-state index contributed by atoms with van der Waals surface area (Å²) in [5.41, 5.74) is 0.251. The molecule has 15 heavy (non-hydrogen) atoms. The van der Waals surface area contributed by atoms with Crippen LogP contribution in [0.4, 0.5) is 4.39 Å². The summed E-state index contributed by atoms with van der Waals surface area (Å²) in [6, 6.07) is 4.09. The monoisotopic (exact) mass is 210 g/mol. The summed E-state index contributed by atoms with van der Waals surface area (Å²) in [5.74, 6) is -0.464. The van der Waals surface area contributed by atoms with Crippen molar-refractivity contribution in [3.8, 4) is 0 Å². The largest absolute Gasteiger partial charge is 0.394 e. The number of fused-ring (bicyclic) bond motifs is 1. The molecule has 1 aromatic heterocycles. The minimum Gasteiger partial charge on any atom is -0.394 e. The normalized spacial score (nSPS) is 13.3. The van der Waals surface area contributed by atoms with Crippen molar-refractivity contribution in [3.05, 3.63) is 34.5 Å². The summed E-state index contributed by atoms with van der Waals surface area (Å²) in [7, 11) is 0. The van der Waals surface area contributed by atoms with E-state index in [0.717, 1.165) is 0 Å². The lowest BCUT2D eigenvalue weighted by molar-refractivity contribution is 0.239. The molecule has 2 aromatic rings. The molecule has 1 heterocycles. The van der Waals surface area contributed by atoms with E-state index in [1.54, 1.807) is 13.0 Å². The van der Waals surface area contributed by atoms with Gasteiger partial charge in [-0.25, -0.2) is 9.18 Å². The Morgan fingerprint density at radius 2 is 2.33 bits per heavy atom. The number of para-hydroxylation sites is 1. The summed E-state index contributed by atoms with van der Waals surface area (Å²) in [5, 5.41) is 8.99. The Labute approximate surface area is 85.0 Å². The van der Waals surface area contributed by atoms with E-state index in [1.165, 1.54) is 16.7 Å². The molecule has 0 aliphatic heterocycles. The van der Waals surface area contributed by atoms with E-state index >= 15 is 0 Å². The molecule has 0 radical (unpaired) electrons. The molecule has 80 valence electrons. The van der Waals surface area contributed by atoms with Crippen LogP contribution in [0, 0.1) is 5.82 Å². The van der Waals surface area contributed by atoms with Crippen molar-refractivity contribution < 1.29 is 9.50 Å². The third-order valence-corrected chi connectivity index (χ3v) is 2.41. The second-order valence-corrected chi connectivity index (χ2v) is 3.47. The number of H-pyrrole nitrogens is 1. The molecule has 0 aliphatic carbocycles. The highest BCUT2D eigenvalue weighted by Gasteiger charge is 2.13. The molecule has 4 nitrogen and oxygen atoms in total. The lowest BCUT2D eigenvalue weighted by atomic mass is 10.3. The molecular formula is C10H11FN2O2. The predicted molar refractivity (Wildman–Crippen MR) is 54.3 cm³/mol. The molecule has 1 aromatic carbocycles. The third-order valence-electron chi connectivity index (χ3n) is 2.41. The van der Waals surface area contributed by atoms with Crippen LogP contribution in [-0.2, 0) is 0 Å². The fourth-order valence-electron chi connectivity index (χ4n) is 1.63. The van der Waals surface area contributed by atoms with Gasteiger partial charge in [0.15, 0.2) is 0 Å². The second kappa shape index (κ2) is 3.51. The number of aliphatic hydroxyl groups excluding tert-OH is 1. The van der Waals surface area contributed by atoms with Crippen LogP contribution in [0.25, 0.3) is 11.0 Å². The van der Waals surface area contributed by atoms with Crippen molar-refractivity contribution >= 4 is 11.0 Å². The molecular weight excluding hydrogens is 199 g/mol. The van der Waals surface area contributed by atoms with E-state index in [1.807, 2.05) is 0 Å². The lowest BCUT2D eigenvalue weighted by Crippen LogP contribution is -2.22. The zero-order valence-electron chi connectivity index (χ0n) is 8.20. The zero-order chi connectivity index (χ0) is 11.0. The Kier molecular flexibility index (Phi) is 2.32. The van der Waals surface area contributed by atoms with Crippen molar-refractivity contribution in [1.29, 1.82) is 0 Å². The topological polar surface area (TPSA) is 58.0 Å². The van der Waals surface area contributed by atoms with Gasteiger partial charge in [-0.2, -0.15) is 0 Å². The molecule has 0 aliphatic rings. The molecule has 0 spiro atoms. The number of rotatable bonds is 2. The highest BCUT2D eigenvalue weighted by Crippen LogP contribution is 2.16. The number of aromatic amines is 1. The number of hydrogen-bond donors (Lipinski definition) is 2. The maximum Gasteiger partial charge on any atom is 0.326 e. The van der Waals surface area contributed by atoms with Gasteiger partial charge in [0.2, 0.25) is 0 Å². The summed E-state index contributed by atoms with van der Waals surface area (Å²) in [6.45, 7) is 1.53. The smallest absolute Gasteiger partial charge is 0.326 e. The first-order valence-electron chi connectivity index (χ1n) is 4.64. The number of halogens is 1. The Bertz CT molecular complexity index is 544. The minimum atomic E-state index is -0.464. The summed E-state index contributed by atoms with van der Waals surface area (Å²) >= 11 is 0. The molecule has 0 saturated carbocycles. The zero-order valence-corrected chi connectivity index (χ0v) is 8.20. The van der Waals surface area contributed by atoms with Crippen LogP contribution in [0.5, 0.6) is 0 Å². The number of imidazole rings is 1. The molecule has 0 saturated heterocycles. The van der Waals surface area contributed by atoms with Gasteiger partial charge in [-0.15, -0.1) is 0 Å². The Balaban J connectivity index is 2.80. The number of nitrogens with zero attached hydrogens (tertiary/aromatic N) is 1. The van der Waals surface area contributed by atoms with Gasteiger partial charge in [-0.3, -0.25) is 4.57 Å². The quantitative estimate of drug-likeness (QED) is 0.777. The van der Waals surface area contributed by atoms with Gasteiger partial charge in [0.1, 0.15) is 11.3 Å². The van der Waals surface area contributed by atoms with E-state index in [4.69, 9.17) is 5.11 Å². The first-order chi connectivity index (χ1) is 7.15. The third kappa shape index (κ3) is 1.45. The van der Waals surface area contributed by atoms with Crippen molar-refractivity contribution in [2.45, 2.75) is 13.0 Å². The highest BCUT2D eigenvalue weighted by atomic mass is 19.1. The predicted octanol–water partition coefficient (Wildman–Crippen LogP) is 1.02. The first kappa shape index (κ1) is 9.92. The van der Waals surface area contributed by atoms with Gasteiger partial charge in [0.25, 0.3) is 0 Å². The maximum absolute atomic E-state index is 13.3.